The molecule has 0 aliphatic rings. The van der Waals surface area contributed by atoms with Crippen molar-refractivity contribution in [2.45, 2.75) is 38.1 Å². The first-order valence-corrected chi connectivity index (χ1v) is 10.0. The van der Waals surface area contributed by atoms with Gasteiger partial charge in [0.05, 0.1) is 12.3 Å². The first kappa shape index (κ1) is 20.2. The molecule has 0 radical (unpaired) electrons. The number of nitrogens with one attached hydrogen (secondary N) is 3. The van der Waals surface area contributed by atoms with E-state index >= 15 is 0 Å². The predicted molar refractivity (Wildman–Crippen MR) is 107 cm³/mol. The maximum atomic E-state index is 12.0. The molecule has 0 fully saturated rings. The Labute approximate surface area is 161 Å². The van der Waals surface area contributed by atoms with Crippen molar-refractivity contribution < 1.29 is 9.59 Å². The Morgan fingerprint density at radius 1 is 1.19 bits per heavy atom. The molecule has 3 N–H and O–H groups in total. The minimum absolute atomic E-state index is 0.0664. The maximum absolute atomic E-state index is 12.0. The van der Waals surface area contributed by atoms with Crippen LogP contribution in [0.15, 0.2) is 22.5 Å². The minimum atomic E-state index is -0.253. The summed E-state index contributed by atoms with van der Waals surface area (Å²) < 4.78 is 0.711. The minimum Gasteiger partial charge on any atom is -0.358 e. The summed E-state index contributed by atoms with van der Waals surface area (Å²) in [5, 5.41) is 17.4. The number of thioether (sulfide) groups is 1. The van der Waals surface area contributed by atoms with E-state index in [0.29, 0.717) is 4.34 Å². The maximum Gasteiger partial charge on any atom is 0.243 e. The number of aromatic nitrogens is 2. The molecule has 140 valence electrons. The molecule has 26 heavy (non-hydrogen) atoms. The lowest BCUT2D eigenvalue weighted by Gasteiger charge is -2.10. The smallest absolute Gasteiger partial charge is 0.243 e. The van der Waals surface area contributed by atoms with Gasteiger partial charge in [0.15, 0.2) is 4.34 Å². The SMILES string of the molecule is Cc1cccc(NC(=O)CNC(=O)CSc2nnc(NC(C)C)s2)c1C. The molecule has 7 nitrogen and oxygen atoms in total. The average molecular weight is 394 g/mol. The molecule has 2 aromatic rings. The van der Waals surface area contributed by atoms with Crippen molar-refractivity contribution in [1.82, 2.24) is 15.5 Å². The molecule has 1 aromatic heterocycles. The molecule has 1 aromatic carbocycles. The van der Waals surface area contributed by atoms with E-state index in [9.17, 15) is 9.59 Å². The van der Waals surface area contributed by atoms with Crippen LogP contribution in [0.25, 0.3) is 0 Å². The van der Waals surface area contributed by atoms with Gasteiger partial charge >= 0.3 is 0 Å². The Kier molecular flexibility index (Phi) is 7.40. The third-order valence-corrected chi connectivity index (χ3v) is 5.46. The number of anilines is 2. The van der Waals surface area contributed by atoms with Crippen LogP contribution in [0, 0.1) is 13.8 Å². The second kappa shape index (κ2) is 9.54. The van der Waals surface area contributed by atoms with Crippen molar-refractivity contribution in [3.63, 3.8) is 0 Å². The molecule has 0 saturated carbocycles. The first-order chi connectivity index (χ1) is 12.3. The Morgan fingerprint density at radius 3 is 2.69 bits per heavy atom. The number of nitrogens with zero attached hydrogens (tertiary/aromatic N) is 2. The van der Waals surface area contributed by atoms with E-state index in [4.69, 9.17) is 0 Å². The molecule has 1 heterocycles. The third kappa shape index (κ3) is 6.30. The molecule has 0 unspecified atom stereocenters. The lowest BCUT2D eigenvalue weighted by molar-refractivity contribution is -0.122. The number of hydrogen-bond donors (Lipinski definition) is 3. The van der Waals surface area contributed by atoms with E-state index < -0.39 is 0 Å². The third-order valence-electron chi connectivity index (χ3n) is 3.47. The van der Waals surface area contributed by atoms with Crippen LogP contribution < -0.4 is 16.0 Å². The summed E-state index contributed by atoms with van der Waals surface area (Å²) in [6.07, 6.45) is 0. The molecular formula is C17H23N5O2S2. The molecule has 2 rings (SSSR count). The highest BCUT2D eigenvalue weighted by Gasteiger charge is 2.11. The Balaban J connectivity index is 1.73. The zero-order valence-corrected chi connectivity index (χ0v) is 16.9. The summed E-state index contributed by atoms with van der Waals surface area (Å²) in [6, 6.07) is 5.99. The van der Waals surface area contributed by atoms with Crippen LogP contribution in [0.4, 0.5) is 10.8 Å². The lowest BCUT2D eigenvalue weighted by atomic mass is 10.1. The van der Waals surface area contributed by atoms with Gasteiger partial charge in [-0.25, -0.2) is 0 Å². The number of amides is 2. The largest absolute Gasteiger partial charge is 0.358 e. The summed E-state index contributed by atoms with van der Waals surface area (Å²) in [6.45, 7) is 7.91. The van der Waals surface area contributed by atoms with Gasteiger partial charge in [-0.2, -0.15) is 0 Å². The van der Waals surface area contributed by atoms with E-state index in [-0.39, 0.29) is 30.2 Å². The van der Waals surface area contributed by atoms with Crippen molar-refractivity contribution in [3.05, 3.63) is 29.3 Å². The van der Waals surface area contributed by atoms with Crippen molar-refractivity contribution in [2.24, 2.45) is 0 Å². The number of aryl methyl sites for hydroxylation is 1. The number of benzene rings is 1. The van der Waals surface area contributed by atoms with Crippen molar-refractivity contribution in [2.75, 3.05) is 22.9 Å². The Morgan fingerprint density at radius 2 is 1.96 bits per heavy atom. The van der Waals surface area contributed by atoms with Gasteiger partial charge in [-0.3, -0.25) is 9.59 Å². The topological polar surface area (TPSA) is 96.0 Å². The fourth-order valence-corrected chi connectivity index (χ4v) is 3.74. The molecule has 0 aliphatic carbocycles. The zero-order valence-electron chi connectivity index (χ0n) is 15.3. The van der Waals surface area contributed by atoms with Gasteiger partial charge in [-0.05, 0) is 44.9 Å². The standard InChI is InChI=1S/C17H23N5O2S2/c1-10(2)19-16-21-22-17(26-16)25-9-15(24)18-8-14(23)20-13-7-5-6-11(3)12(13)4/h5-7,10H,8-9H2,1-4H3,(H,18,24)(H,19,21)(H,20,23). The fourth-order valence-electron chi connectivity index (χ4n) is 2.01. The van der Waals surface area contributed by atoms with Crippen LogP contribution in [0.1, 0.15) is 25.0 Å². The van der Waals surface area contributed by atoms with Crippen molar-refractivity contribution in [1.29, 1.82) is 0 Å². The van der Waals surface area contributed by atoms with Crippen LogP contribution in [-0.2, 0) is 9.59 Å². The van der Waals surface area contributed by atoms with Crippen molar-refractivity contribution in [3.8, 4) is 0 Å². The van der Waals surface area contributed by atoms with Gasteiger partial charge < -0.3 is 16.0 Å². The number of carbonyl (C=O) groups excluding carboxylic acids is 2. The van der Waals surface area contributed by atoms with Gasteiger partial charge in [0.25, 0.3) is 0 Å². The van der Waals surface area contributed by atoms with Gasteiger partial charge in [0, 0.05) is 11.7 Å². The Hall–Kier alpha value is -2.13. The van der Waals surface area contributed by atoms with E-state index in [1.54, 1.807) is 0 Å². The highest BCUT2D eigenvalue weighted by molar-refractivity contribution is 8.01. The second-order valence-corrected chi connectivity index (χ2v) is 8.23. The van der Waals surface area contributed by atoms with E-state index in [2.05, 4.69) is 26.1 Å². The first-order valence-electron chi connectivity index (χ1n) is 8.20. The van der Waals surface area contributed by atoms with Crippen LogP contribution >= 0.6 is 23.1 Å². The van der Waals surface area contributed by atoms with Gasteiger partial charge in [-0.1, -0.05) is 35.2 Å². The molecule has 9 heteroatoms. The van der Waals surface area contributed by atoms with Crippen molar-refractivity contribution >= 4 is 45.7 Å². The zero-order chi connectivity index (χ0) is 19.1. The second-order valence-electron chi connectivity index (χ2n) is 6.03. The van der Waals surface area contributed by atoms with Crippen LogP contribution in [0.5, 0.6) is 0 Å². The van der Waals surface area contributed by atoms with Gasteiger partial charge in [0.1, 0.15) is 0 Å². The molecule has 0 saturated heterocycles. The molecule has 0 atom stereocenters. The van der Waals surface area contributed by atoms with Crippen LogP contribution in [-0.4, -0.2) is 40.4 Å². The Bertz CT molecular complexity index is 776. The molecule has 0 spiro atoms. The van der Waals surface area contributed by atoms with Crippen LogP contribution in [0.2, 0.25) is 0 Å². The summed E-state index contributed by atoms with van der Waals surface area (Å²) in [7, 11) is 0. The summed E-state index contributed by atoms with van der Waals surface area (Å²) in [5.41, 5.74) is 2.88. The molecule has 0 bridgehead atoms. The summed E-state index contributed by atoms with van der Waals surface area (Å²) >= 11 is 2.70. The number of carbonyl (C=O) groups is 2. The quantitative estimate of drug-likeness (QED) is 0.597. The highest BCUT2D eigenvalue weighted by atomic mass is 32.2. The number of hydrogen-bond acceptors (Lipinski definition) is 7. The normalized spacial score (nSPS) is 10.7. The van der Waals surface area contributed by atoms with Crippen LogP contribution in [0.3, 0.4) is 0 Å². The van der Waals surface area contributed by atoms with Gasteiger partial charge in [0.2, 0.25) is 16.9 Å². The van der Waals surface area contributed by atoms with E-state index in [1.165, 1.54) is 23.1 Å². The molecule has 2 amide bonds. The monoisotopic (exact) mass is 393 g/mol. The predicted octanol–water partition coefficient (Wildman–Crippen LogP) is 2.82. The number of rotatable bonds is 8. The van der Waals surface area contributed by atoms with Gasteiger partial charge in [-0.15, -0.1) is 10.2 Å². The average Bonchev–Trinajstić information content (AvgIpc) is 3.02. The molecule has 0 aliphatic heterocycles. The van der Waals surface area contributed by atoms with E-state index in [1.807, 2.05) is 45.9 Å². The molecular weight excluding hydrogens is 370 g/mol. The lowest BCUT2D eigenvalue weighted by Crippen LogP contribution is -2.34. The fraction of sp³-hybridized carbons (Fsp3) is 0.412. The highest BCUT2D eigenvalue weighted by Crippen LogP contribution is 2.25. The van der Waals surface area contributed by atoms with E-state index in [0.717, 1.165) is 21.9 Å². The summed E-state index contributed by atoms with van der Waals surface area (Å²) in [5.74, 6) is -0.288. The summed E-state index contributed by atoms with van der Waals surface area (Å²) in [4.78, 5) is 23.9.